The molecule has 148 valence electrons. The number of carbonyl (C=O) groups is 3. The Morgan fingerprint density at radius 3 is 2.68 bits per heavy atom. The highest BCUT2D eigenvalue weighted by Gasteiger charge is 2.71. The number of likely N-dealkylation sites (tertiary alicyclic amines) is 1. The molecule has 1 spiro atoms. The van der Waals surface area contributed by atoms with Crippen molar-refractivity contribution in [3.63, 3.8) is 0 Å². The number of carbonyl (C=O) groups excluding carboxylic acids is 3. The average molecular weight is 385 g/mol. The molecular weight excluding hydrogens is 362 g/mol. The lowest BCUT2D eigenvalue weighted by molar-refractivity contribution is -0.163. The monoisotopic (exact) mass is 385 g/mol. The van der Waals surface area contributed by atoms with Gasteiger partial charge in [-0.25, -0.2) is 4.79 Å². The minimum atomic E-state index is -1.31. The molecular formula is C20H23N3O5. The van der Waals surface area contributed by atoms with Crippen molar-refractivity contribution in [3.05, 3.63) is 29.3 Å². The number of fused-ring (bicyclic) bond motifs is 1. The molecule has 8 heteroatoms. The van der Waals surface area contributed by atoms with Crippen molar-refractivity contribution >= 4 is 17.7 Å². The van der Waals surface area contributed by atoms with Crippen LogP contribution in [0.15, 0.2) is 18.2 Å². The van der Waals surface area contributed by atoms with Crippen LogP contribution >= 0.6 is 0 Å². The number of ketones is 1. The Balaban J connectivity index is 1.76. The second-order valence-electron chi connectivity index (χ2n) is 8.58. The third-order valence-electron chi connectivity index (χ3n) is 7.42. The van der Waals surface area contributed by atoms with Crippen LogP contribution in [0.2, 0.25) is 0 Å². The molecule has 3 amide bonds. The highest BCUT2D eigenvalue weighted by molar-refractivity contribution is 6.08. The standard InChI is InChI=1S/C20H23N3O5/c1-23-8-7-18-10-19(16(25)21-17(26)22-19)5-6-20(18,27)15(23)14(24)12-4-3-11(28-2)9-13(12)18/h3-4,9,15,27H,5-8,10H2,1-2H3,(H2,21,22,25,26)/t15-,18-,19+,20-/m1/s1. The molecule has 1 saturated carbocycles. The van der Waals surface area contributed by atoms with Gasteiger partial charge in [0.2, 0.25) is 0 Å². The molecule has 3 fully saturated rings. The van der Waals surface area contributed by atoms with E-state index in [1.165, 1.54) is 0 Å². The van der Waals surface area contributed by atoms with Gasteiger partial charge in [0, 0.05) is 11.0 Å². The third-order valence-corrected chi connectivity index (χ3v) is 7.42. The summed E-state index contributed by atoms with van der Waals surface area (Å²) in [6.07, 6.45) is 1.37. The Hall–Kier alpha value is -2.45. The van der Waals surface area contributed by atoms with Gasteiger partial charge < -0.3 is 15.2 Å². The predicted molar refractivity (Wildman–Crippen MR) is 98.2 cm³/mol. The lowest BCUT2D eigenvalue weighted by Crippen LogP contribution is -2.77. The maximum atomic E-state index is 13.3. The zero-order valence-corrected chi connectivity index (χ0v) is 15.9. The molecule has 2 bridgehead atoms. The van der Waals surface area contributed by atoms with Crippen LogP contribution in [-0.2, 0) is 10.2 Å². The number of Topliss-reactive ketones (excluding diaryl/α,β-unsaturated/α-hetero) is 1. The maximum absolute atomic E-state index is 13.3. The van der Waals surface area contributed by atoms with Gasteiger partial charge in [-0.1, -0.05) is 0 Å². The van der Waals surface area contributed by atoms with Gasteiger partial charge in [-0.2, -0.15) is 0 Å². The smallest absolute Gasteiger partial charge is 0.322 e. The number of benzene rings is 1. The first-order chi connectivity index (χ1) is 13.3. The first kappa shape index (κ1) is 17.6. The Morgan fingerprint density at radius 1 is 1.21 bits per heavy atom. The second-order valence-corrected chi connectivity index (χ2v) is 8.58. The van der Waals surface area contributed by atoms with E-state index in [1.807, 2.05) is 18.0 Å². The highest BCUT2D eigenvalue weighted by Crippen LogP contribution is 2.60. The molecule has 2 heterocycles. The van der Waals surface area contributed by atoms with Gasteiger partial charge in [0.15, 0.2) is 5.78 Å². The van der Waals surface area contributed by atoms with Gasteiger partial charge in [-0.3, -0.25) is 19.8 Å². The summed E-state index contributed by atoms with van der Waals surface area (Å²) in [5.41, 5.74) is -1.92. The molecule has 0 unspecified atom stereocenters. The number of piperidine rings is 1. The van der Waals surface area contributed by atoms with Crippen molar-refractivity contribution in [1.29, 1.82) is 0 Å². The molecule has 0 aromatic heterocycles. The number of methoxy groups -OCH3 is 1. The second kappa shape index (κ2) is 5.33. The van der Waals surface area contributed by atoms with E-state index < -0.39 is 28.6 Å². The first-order valence-electron chi connectivity index (χ1n) is 9.55. The number of hydrogen-bond acceptors (Lipinski definition) is 6. The van der Waals surface area contributed by atoms with Gasteiger partial charge in [0.1, 0.15) is 17.3 Å². The summed E-state index contributed by atoms with van der Waals surface area (Å²) in [7, 11) is 3.41. The summed E-state index contributed by atoms with van der Waals surface area (Å²) in [6.45, 7) is 0.612. The molecule has 28 heavy (non-hydrogen) atoms. The van der Waals surface area contributed by atoms with Crippen LogP contribution in [0.25, 0.3) is 0 Å². The Morgan fingerprint density at radius 2 is 2.00 bits per heavy atom. The van der Waals surface area contributed by atoms with E-state index in [2.05, 4.69) is 10.6 Å². The number of rotatable bonds is 1. The van der Waals surface area contributed by atoms with Crippen molar-refractivity contribution in [1.82, 2.24) is 15.5 Å². The number of amides is 3. The molecule has 2 aliphatic heterocycles. The Bertz CT molecular complexity index is 932. The van der Waals surface area contributed by atoms with Crippen molar-refractivity contribution in [2.24, 2.45) is 0 Å². The van der Waals surface area contributed by atoms with Crippen LogP contribution in [-0.4, -0.2) is 65.6 Å². The Labute approximate surface area is 162 Å². The minimum absolute atomic E-state index is 0.103. The van der Waals surface area contributed by atoms with E-state index in [4.69, 9.17) is 4.74 Å². The molecule has 5 rings (SSSR count). The number of imide groups is 1. The number of urea groups is 1. The summed E-state index contributed by atoms with van der Waals surface area (Å²) in [4.78, 5) is 39.8. The van der Waals surface area contributed by atoms with Crippen LogP contribution < -0.4 is 15.4 Å². The van der Waals surface area contributed by atoms with Gasteiger partial charge in [-0.05, 0) is 63.0 Å². The minimum Gasteiger partial charge on any atom is -0.497 e. The van der Waals surface area contributed by atoms with E-state index in [1.54, 1.807) is 19.2 Å². The van der Waals surface area contributed by atoms with E-state index >= 15 is 0 Å². The van der Waals surface area contributed by atoms with Crippen LogP contribution in [0, 0.1) is 0 Å². The normalized spacial score (nSPS) is 39.2. The van der Waals surface area contributed by atoms with E-state index in [0.717, 1.165) is 5.56 Å². The molecule has 0 radical (unpaired) electrons. The SMILES string of the molecule is COc1ccc2c(c1)[C@]13CCN(C)[C@H](C2=O)[C@]1(O)CC[C@@]1(C3)NC(=O)NC1=O. The van der Waals surface area contributed by atoms with Crippen molar-refractivity contribution in [3.8, 4) is 5.75 Å². The third kappa shape index (κ3) is 1.89. The zero-order chi connectivity index (χ0) is 19.9. The average Bonchev–Trinajstić information content (AvgIpc) is 2.94. The molecule has 2 saturated heterocycles. The fourth-order valence-corrected chi connectivity index (χ4v) is 6.08. The number of nitrogens with one attached hydrogen (secondary N) is 2. The van der Waals surface area contributed by atoms with E-state index in [9.17, 15) is 19.5 Å². The fraction of sp³-hybridized carbons (Fsp3) is 0.550. The Kier molecular flexibility index (Phi) is 3.36. The first-order valence-corrected chi connectivity index (χ1v) is 9.55. The number of likely N-dealkylation sites (N-methyl/N-ethyl adjacent to an activating group) is 1. The molecule has 3 N–H and O–H groups in total. The van der Waals surface area contributed by atoms with Crippen LogP contribution in [0.3, 0.4) is 0 Å². The molecule has 1 aromatic rings. The number of ether oxygens (including phenoxy) is 1. The summed E-state index contributed by atoms with van der Waals surface area (Å²) in [5.74, 6) is 0.139. The molecule has 2 aliphatic carbocycles. The predicted octanol–water partition coefficient (Wildman–Crippen LogP) is 0.327. The number of aliphatic hydroxyl groups is 1. The highest BCUT2D eigenvalue weighted by atomic mass is 16.5. The van der Waals surface area contributed by atoms with Gasteiger partial charge in [0.25, 0.3) is 5.91 Å². The zero-order valence-electron chi connectivity index (χ0n) is 15.9. The fourth-order valence-electron chi connectivity index (χ4n) is 6.08. The largest absolute Gasteiger partial charge is 0.497 e. The topological polar surface area (TPSA) is 108 Å². The lowest BCUT2D eigenvalue weighted by Gasteiger charge is -2.64. The lowest BCUT2D eigenvalue weighted by atomic mass is 9.46. The van der Waals surface area contributed by atoms with Gasteiger partial charge >= 0.3 is 6.03 Å². The molecule has 4 aliphatic rings. The number of nitrogens with zero attached hydrogens (tertiary/aromatic N) is 1. The van der Waals surface area contributed by atoms with Crippen LogP contribution in [0.4, 0.5) is 4.79 Å². The summed E-state index contributed by atoms with van der Waals surface area (Å²) >= 11 is 0. The van der Waals surface area contributed by atoms with Gasteiger partial charge in [-0.15, -0.1) is 0 Å². The summed E-state index contributed by atoms with van der Waals surface area (Å²) in [6, 6.07) is 4.14. The van der Waals surface area contributed by atoms with E-state index in [-0.39, 0.29) is 24.5 Å². The summed E-state index contributed by atoms with van der Waals surface area (Å²) in [5, 5.41) is 17.1. The summed E-state index contributed by atoms with van der Waals surface area (Å²) < 4.78 is 5.39. The van der Waals surface area contributed by atoms with Crippen LogP contribution in [0.1, 0.15) is 41.6 Å². The van der Waals surface area contributed by atoms with Crippen molar-refractivity contribution < 1.29 is 24.2 Å². The van der Waals surface area contributed by atoms with E-state index in [0.29, 0.717) is 30.7 Å². The quantitative estimate of drug-likeness (QED) is 0.601. The van der Waals surface area contributed by atoms with Crippen molar-refractivity contribution in [2.75, 3.05) is 20.7 Å². The maximum Gasteiger partial charge on any atom is 0.322 e. The molecule has 1 aromatic carbocycles. The van der Waals surface area contributed by atoms with Crippen molar-refractivity contribution in [2.45, 2.75) is 48.3 Å². The molecule has 8 nitrogen and oxygen atoms in total. The molecule has 4 atom stereocenters. The number of hydrogen-bond donors (Lipinski definition) is 3. The van der Waals surface area contributed by atoms with Gasteiger partial charge in [0.05, 0.1) is 12.7 Å². The van der Waals surface area contributed by atoms with Crippen LogP contribution in [0.5, 0.6) is 5.75 Å².